The van der Waals surface area contributed by atoms with E-state index in [1.165, 1.54) is 5.56 Å². The maximum atomic E-state index is 12.2. The predicted molar refractivity (Wildman–Crippen MR) is 90.8 cm³/mol. The van der Waals surface area contributed by atoms with E-state index >= 15 is 0 Å². The zero-order valence-corrected chi connectivity index (χ0v) is 14.1. The number of nitrogens with one attached hydrogen (secondary N) is 1. The van der Waals surface area contributed by atoms with E-state index in [-0.39, 0.29) is 17.7 Å². The summed E-state index contributed by atoms with van der Waals surface area (Å²) in [5.74, 6) is 0.276. The lowest BCUT2D eigenvalue weighted by molar-refractivity contribution is -0.133. The molecule has 0 aromatic heterocycles. The van der Waals surface area contributed by atoms with Gasteiger partial charge in [0.2, 0.25) is 11.8 Å². The molecule has 0 spiro atoms. The number of benzene rings is 1. The molecule has 1 N–H and O–H groups in total. The van der Waals surface area contributed by atoms with Crippen molar-refractivity contribution in [3.63, 3.8) is 0 Å². The summed E-state index contributed by atoms with van der Waals surface area (Å²) in [6, 6.07) is 10.3. The SMILES string of the molecule is CC(=O)N1CCC(C(=O)NCCN(C)Cc2ccccc2)CC1. The molecule has 1 saturated heterocycles. The first-order valence-electron chi connectivity index (χ1n) is 8.32. The van der Waals surface area contributed by atoms with Crippen molar-refractivity contribution >= 4 is 11.8 Å². The van der Waals surface area contributed by atoms with E-state index in [9.17, 15) is 9.59 Å². The number of amides is 2. The van der Waals surface area contributed by atoms with Crippen LogP contribution in [-0.2, 0) is 16.1 Å². The average molecular weight is 317 g/mol. The number of nitrogens with zero attached hydrogens (tertiary/aromatic N) is 2. The highest BCUT2D eigenvalue weighted by atomic mass is 16.2. The highest BCUT2D eigenvalue weighted by molar-refractivity contribution is 5.79. The van der Waals surface area contributed by atoms with Crippen molar-refractivity contribution in [2.75, 3.05) is 33.2 Å². The number of likely N-dealkylation sites (tertiary alicyclic amines) is 1. The van der Waals surface area contributed by atoms with E-state index in [1.54, 1.807) is 6.92 Å². The summed E-state index contributed by atoms with van der Waals surface area (Å²) in [4.78, 5) is 27.5. The Morgan fingerprint density at radius 3 is 2.48 bits per heavy atom. The molecule has 0 aliphatic carbocycles. The second-order valence-electron chi connectivity index (χ2n) is 6.29. The van der Waals surface area contributed by atoms with Gasteiger partial charge in [-0.05, 0) is 25.5 Å². The van der Waals surface area contributed by atoms with Crippen LogP contribution in [0.4, 0.5) is 0 Å². The normalized spacial score (nSPS) is 15.7. The van der Waals surface area contributed by atoms with Gasteiger partial charge in [-0.15, -0.1) is 0 Å². The van der Waals surface area contributed by atoms with E-state index in [0.29, 0.717) is 19.6 Å². The molecular weight excluding hydrogens is 290 g/mol. The van der Waals surface area contributed by atoms with Crippen LogP contribution in [-0.4, -0.2) is 54.8 Å². The number of piperidine rings is 1. The Bertz CT molecular complexity index is 510. The van der Waals surface area contributed by atoms with Crippen molar-refractivity contribution in [2.24, 2.45) is 5.92 Å². The quantitative estimate of drug-likeness (QED) is 0.865. The molecule has 126 valence electrons. The molecule has 2 rings (SSSR count). The fraction of sp³-hybridized carbons (Fsp3) is 0.556. The highest BCUT2D eigenvalue weighted by Crippen LogP contribution is 2.17. The van der Waals surface area contributed by atoms with Gasteiger partial charge >= 0.3 is 0 Å². The number of carbonyl (C=O) groups excluding carboxylic acids is 2. The maximum Gasteiger partial charge on any atom is 0.223 e. The summed E-state index contributed by atoms with van der Waals surface area (Å²) in [6.45, 7) is 5.35. The molecule has 1 aliphatic heterocycles. The molecule has 1 fully saturated rings. The number of hydrogen-bond acceptors (Lipinski definition) is 3. The van der Waals surface area contributed by atoms with E-state index < -0.39 is 0 Å². The molecule has 2 amide bonds. The summed E-state index contributed by atoms with van der Waals surface area (Å²) >= 11 is 0. The van der Waals surface area contributed by atoms with Crippen molar-refractivity contribution in [3.8, 4) is 0 Å². The van der Waals surface area contributed by atoms with E-state index in [0.717, 1.165) is 25.9 Å². The molecule has 1 heterocycles. The third-order valence-corrected chi connectivity index (χ3v) is 4.40. The van der Waals surface area contributed by atoms with Crippen LogP contribution in [0.15, 0.2) is 30.3 Å². The molecule has 0 bridgehead atoms. The van der Waals surface area contributed by atoms with Crippen LogP contribution in [0.25, 0.3) is 0 Å². The smallest absolute Gasteiger partial charge is 0.223 e. The molecule has 0 saturated carbocycles. The second kappa shape index (κ2) is 8.67. The monoisotopic (exact) mass is 317 g/mol. The van der Waals surface area contributed by atoms with Gasteiger partial charge in [0.25, 0.3) is 0 Å². The Morgan fingerprint density at radius 2 is 1.87 bits per heavy atom. The maximum absolute atomic E-state index is 12.2. The Balaban J connectivity index is 1.64. The van der Waals surface area contributed by atoms with Gasteiger partial charge in [-0.1, -0.05) is 30.3 Å². The van der Waals surface area contributed by atoms with Gasteiger partial charge in [0.1, 0.15) is 0 Å². The van der Waals surface area contributed by atoms with E-state index in [2.05, 4.69) is 29.4 Å². The van der Waals surface area contributed by atoms with Gasteiger partial charge in [-0.25, -0.2) is 0 Å². The second-order valence-corrected chi connectivity index (χ2v) is 6.29. The summed E-state index contributed by atoms with van der Waals surface area (Å²) in [5, 5.41) is 3.03. The largest absolute Gasteiger partial charge is 0.355 e. The minimum Gasteiger partial charge on any atom is -0.355 e. The molecule has 0 atom stereocenters. The molecule has 1 aromatic rings. The topological polar surface area (TPSA) is 52.7 Å². The van der Waals surface area contributed by atoms with Gasteiger partial charge in [0, 0.05) is 45.6 Å². The number of rotatable bonds is 6. The van der Waals surface area contributed by atoms with E-state index in [4.69, 9.17) is 0 Å². The van der Waals surface area contributed by atoms with Crippen LogP contribution < -0.4 is 5.32 Å². The van der Waals surface area contributed by atoms with Gasteiger partial charge in [0.15, 0.2) is 0 Å². The number of likely N-dealkylation sites (N-methyl/N-ethyl adjacent to an activating group) is 1. The first kappa shape index (κ1) is 17.5. The molecule has 23 heavy (non-hydrogen) atoms. The molecule has 0 radical (unpaired) electrons. The number of carbonyl (C=O) groups is 2. The van der Waals surface area contributed by atoms with Gasteiger partial charge in [-0.2, -0.15) is 0 Å². The molecule has 5 nitrogen and oxygen atoms in total. The Kier molecular flexibility index (Phi) is 6.59. The molecule has 1 aromatic carbocycles. The van der Waals surface area contributed by atoms with Gasteiger partial charge in [0.05, 0.1) is 0 Å². The lowest BCUT2D eigenvalue weighted by atomic mass is 9.96. The van der Waals surface area contributed by atoms with Crippen molar-refractivity contribution in [1.82, 2.24) is 15.1 Å². The molecular formula is C18H27N3O2. The molecule has 0 unspecified atom stereocenters. The average Bonchev–Trinajstić information content (AvgIpc) is 2.55. The minimum absolute atomic E-state index is 0.0463. The number of hydrogen-bond donors (Lipinski definition) is 1. The Morgan fingerprint density at radius 1 is 1.22 bits per heavy atom. The van der Waals surface area contributed by atoms with Crippen LogP contribution in [0.1, 0.15) is 25.3 Å². The molecule has 5 heteroatoms. The summed E-state index contributed by atoms with van der Waals surface area (Å²) < 4.78 is 0. The Labute approximate surface area is 138 Å². The Hall–Kier alpha value is -1.88. The first-order chi connectivity index (χ1) is 11.1. The molecule has 1 aliphatic rings. The van der Waals surface area contributed by atoms with Crippen LogP contribution in [0.5, 0.6) is 0 Å². The lowest BCUT2D eigenvalue weighted by Crippen LogP contribution is -2.43. The predicted octanol–water partition coefficient (Wildman–Crippen LogP) is 1.49. The zero-order chi connectivity index (χ0) is 16.7. The van der Waals surface area contributed by atoms with Crippen molar-refractivity contribution in [1.29, 1.82) is 0 Å². The fourth-order valence-electron chi connectivity index (χ4n) is 2.95. The summed E-state index contributed by atoms with van der Waals surface area (Å²) in [7, 11) is 2.06. The minimum atomic E-state index is 0.0463. The van der Waals surface area contributed by atoms with Crippen LogP contribution in [0, 0.1) is 5.92 Å². The standard InChI is InChI=1S/C18H27N3O2/c1-15(22)21-11-8-17(9-12-21)18(23)19-10-13-20(2)14-16-6-4-3-5-7-16/h3-7,17H,8-14H2,1-2H3,(H,19,23). The van der Waals surface area contributed by atoms with Gasteiger partial charge in [-0.3, -0.25) is 9.59 Å². The third kappa shape index (κ3) is 5.67. The van der Waals surface area contributed by atoms with Crippen molar-refractivity contribution in [2.45, 2.75) is 26.3 Å². The highest BCUT2D eigenvalue weighted by Gasteiger charge is 2.25. The summed E-state index contributed by atoms with van der Waals surface area (Å²) in [5.41, 5.74) is 1.28. The third-order valence-electron chi connectivity index (χ3n) is 4.40. The first-order valence-corrected chi connectivity index (χ1v) is 8.32. The zero-order valence-electron chi connectivity index (χ0n) is 14.1. The van der Waals surface area contributed by atoms with Crippen molar-refractivity contribution < 1.29 is 9.59 Å². The van der Waals surface area contributed by atoms with Crippen molar-refractivity contribution in [3.05, 3.63) is 35.9 Å². The van der Waals surface area contributed by atoms with E-state index in [1.807, 2.05) is 23.1 Å². The van der Waals surface area contributed by atoms with Crippen LogP contribution >= 0.6 is 0 Å². The van der Waals surface area contributed by atoms with Crippen LogP contribution in [0.2, 0.25) is 0 Å². The van der Waals surface area contributed by atoms with Gasteiger partial charge < -0.3 is 15.1 Å². The fourth-order valence-corrected chi connectivity index (χ4v) is 2.95. The lowest BCUT2D eigenvalue weighted by Gasteiger charge is -2.30. The van der Waals surface area contributed by atoms with Crippen LogP contribution in [0.3, 0.4) is 0 Å². The summed E-state index contributed by atoms with van der Waals surface area (Å²) in [6.07, 6.45) is 1.54.